The fraction of sp³-hybridized carbons (Fsp3) is 0.304. The molecule has 28 heavy (non-hydrogen) atoms. The number of ether oxygens (including phenoxy) is 1. The Kier molecular flexibility index (Phi) is 5.42. The number of H-pyrrole nitrogens is 1. The van der Waals surface area contributed by atoms with E-state index < -0.39 is 0 Å². The minimum absolute atomic E-state index is 0.0648. The maximum Gasteiger partial charge on any atom is 0.269 e. The lowest BCUT2D eigenvalue weighted by Crippen LogP contribution is -2.27. The second-order valence-corrected chi connectivity index (χ2v) is 7.16. The van der Waals surface area contributed by atoms with E-state index in [-0.39, 0.29) is 11.9 Å². The highest BCUT2D eigenvalue weighted by molar-refractivity contribution is 5.93. The van der Waals surface area contributed by atoms with E-state index in [0.717, 1.165) is 49.3 Å². The van der Waals surface area contributed by atoms with Crippen molar-refractivity contribution in [1.82, 2.24) is 15.5 Å². The van der Waals surface area contributed by atoms with Gasteiger partial charge in [0.05, 0.1) is 18.3 Å². The van der Waals surface area contributed by atoms with Crippen molar-refractivity contribution in [2.24, 2.45) is 0 Å². The number of rotatable bonds is 7. The standard InChI is InChI=1S/C23H25N3O2/c1-2-3-14-28-18-11-8-17(9-12-18)21-15-22(26-25-21)23(27)24-20-13-10-16-6-4-5-7-19(16)20/h4-9,11-12,15,20H,2-3,10,13-14H2,1H3,(H,24,27)(H,25,26)/t20-/m0/s1. The Morgan fingerprint density at radius 3 is 2.86 bits per heavy atom. The third kappa shape index (κ3) is 3.93. The number of fused-ring (bicyclic) bond motifs is 1. The Morgan fingerprint density at radius 1 is 1.21 bits per heavy atom. The van der Waals surface area contributed by atoms with Crippen LogP contribution in [0.5, 0.6) is 5.75 Å². The molecular weight excluding hydrogens is 350 g/mol. The van der Waals surface area contributed by atoms with E-state index in [1.54, 1.807) is 6.07 Å². The molecule has 0 aliphatic heterocycles. The number of carbonyl (C=O) groups is 1. The molecule has 3 aromatic rings. The van der Waals surface area contributed by atoms with Crippen molar-refractivity contribution in [2.75, 3.05) is 6.61 Å². The predicted molar refractivity (Wildman–Crippen MR) is 109 cm³/mol. The predicted octanol–water partition coefficient (Wildman–Crippen LogP) is 4.67. The van der Waals surface area contributed by atoms with Crippen molar-refractivity contribution in [3.63, 3.8) is 0 Å². The summed E-state index contributed by atoms with van der Waals surface area (Å²) in [5, 5.41) is 10.3. The van der Waals surface area contributed by atoms with Gasteiger partial charge in [0.1, 0.15) is 11.4 Å². The molecule has 1 aliphatic carbocycles. The van der Waals surface area contributed by atoms with Crippen LogP contribution in [0.25, 0.3) is 11.3 Å². The Balaban J connectivity index is 1.41. The van der Waals surface area contributed by atoms with Crippen LogP contribution in [0.1, 0.15) is 53.8 Å². The Labute approximate surface area is 165 Å². The summed E-state index contributed by atoms with van der Waals surface area (Å²) in [7, 11) is 0. The molecule has 2 N–H and O–H groups in total. The zero-order valence-corrected chi connectivity index (χ0v) is 16.1. The molecule has 1 aliphatic rings. The lowest BCUT2D eigenvalue weighted by Gasteiger charge is -2.13. The zero-order valence-electron chi connectivity index (χ0n) is 16.1. The van der Waals surface area contributed by atoms with E-state index in [1.807, 2.05) is 36.4 Å². The highest BCUT2D eigenvalue weighted by Crippen LogP contribution is 2.31. The molecule has 0 radical (unpaired) electrons. The topological polar surface area (TPSA) is 67.0 Å². The van der Waals surface area contributed by atoms with Gasteiger partial charge in [0, 0.05) is 5.56 Å². The van der Waals surface area contributed by atoms with Gasteiger partial charge in [0.15, 0.2) is 0 Å². The van der Waals surface area contributed by atoms with Crippen LogP contribution in [0.2, 0.25) is 0 Å². The number of hydrogen-bond acceptors (Lipinski definition) is 3. The number of nitrogens with one attached hydrogen (secondary N) is 2. The van der Waals surface area contributed by atoms with Crippen LogP contribution in [0.3, 0.4) is 0 Å². The molecule has 144 valence electrons. The molecule has 5 heteroatoms. The third-order valence-corrected chi connectivity index (χ3v) is 5.18. The van der Waals surface area contributed by atoms with Gasteiger partial charge in [-0.1, -0.05) is 37.6 Å². The molecule has 2 aromatic carbocycles. The van der Waals surface area contributed by atoms with Crippen LogP contribution in [0.15, 0.2) is 54.6 Å². The summed E-state index contributed by atoms with van der Waals surface area (Å²) in [4.78, 5) is 12.7. The third-order valence-electron chi connectivity index (χ3n) is 5.18. The summed E-state index contributed by atoms with van der Waals surface area (Å²) in [5.74, 6) is 0.727. The zero-order chi connectivity index (χ0) is 19.3. The first-order valence-corrected chi connectivity index (χ1v) is 9.92. The Morgan fingerprint density at radius 2 is 2.04 bits per heavy atom. The summed E-state index contributed by atoms with van der Waals surface area (Å²) in [6.07, 6.45) is 4.10. The SMILES string of the molecule is CCCCOc1ccc(-c2cc(C(=O)N[C@H]3CCc4ccccc43)[nH]n2)cc1. The van der Waals surface area contributed by atoms with Crippen LogP contribution >= 0.6 is 0 Å². The van der Waals surface area contributed by atoms with E-state index >= 15 is 0 Å². The minimum atomic E-state index is -0.125. The first-order valence-electron chi connectivity index (χ1n) is 9.92. The Bertz CT molecular complexity index is 946. The van der Waals surface area contributed by atoms with Gasteiger partial charge >= 0.3 is 0 Å². The molecule has 1 heterocycles. The molecule has 1 atom stereocenters. The number of hydrogen-bond donors (Lipinski definition) is 2. The highest BCUT2D eigenvalue weighted by Gasteiger charge is 2.24. The summed E-state index contributed by atoms with van der Waals surface area (Å²) >= 11 is 0. The fourth-order valence-electron chi connectivity index (χ4n) is 3.59. The molecule has 1 aromatic heterocycles. The maximum absolute atomic E-state index is 12.7. The average Bonchev–Trinajstić information content (AvgIpc) is 3.37. The molecule has 0 saturated heterocycles. The molecule has 0 saturated carbocycles. The van der Waals surface area contributed by atoms with Gasteiger partial charge in [-0.15, -0.1) is 0 Å². The van der Waals surface area contributed by atoms with E-state index in [4.69, 9.17) is 4.74 Å². The quantitative estimate of drug-likeness (QED) is 0.590. The van der Waals surface area contributed by atoms with E-state index in [0.29, 0.717) is 5.69 Å². The molecule has 0 bridgehead atoms. The molecule has 5 nitrogen and oxygen atoms in total. The van der Waals surface area contributed by atoms with Crippen LogP contribution in [-0.2, 0) is 6.42 Å². The first-order chi connectivity index (χ1) is 13.7. The lowest BCUT2D eigenvalue weighted by molar-refractivity contribution is 0.0931. The van der Waals surface area contributed by atoms with Gasteiger partial charge in [0.2, 0.25) is 0 Å². The van der Waals surface area contributed by atoms with Gasteiger partial charge in [-0.2, -0.15) is 5.10 Å². The van der Waals surface area contributed by atoms with E-state index in [9.17, 15) is 4.79 Å². The smallest absolute Gasteiger partial charge is 0.269 e. The molecule has 0 fully saturated rings. The average molecular weight is 375 g/mol. The Hall–Kier alpha value is -3.08. The van der Waals surface area contributed by atoms with Crippen LogP contribution in [0.4, 0.5) is 0 Å². The second kappa shape index (κ2) is 8.30. The number of aryl methyl sites for hydroxylation is 1. The van der Waals surface area contributed by atoms with Crippen molar-refractivity contribution in [3.05, 3.63) is 71.4 Å². The normalized spacial score (nSPS) is 15.2. The number of unbranched alkanes of at least 4 members (excludes halogenated alkanes) is 1. The van der Waals surface area contributed by atoms with Crippen LogP contribution in [0, 0.1) is 0 Å². The largest absolute Gasteiger partial charge is 0.494 e. The van der Waals surface area contributed by atoms with Crippen molar-refractivity contribution >= 4 is 5.91 Å². The fourth-order valence-corrected chi connectivity index (χ4v) is 3.59. The number of carbonyl (C=O) groups excluding carboxylic acids is 1. The minimum Gasteiger partial charge on any atom is -0.494 e. The summed E-state index contributed by atoms with van der Waals surface area (Å²) < 4.78 is 5.69. The number of aromatic amines is 1. The maximum atomic E-state index is 12.7. The first kappa shape index (κ1) is 18.3. The van der Waals surface area contributed by atoms with Gasteiger partial charge < -0.3 is 10.1 Å². The van der Waals surface area contributed by atoms with Gasteiger partial charge in [0.25, 0.3) is 5.91 Å². The molecule has 0 spiro atoms. The number of amides is 1. The van der Waals surface area contributed by atoms with E-state index in [2.05, 4.69) is 34.6 Å². The van der Waals surface area contributed by atoms with Crippen molar-refractivity contribution in [1.29, 1.82) is 0 Å². The monoisotopic (exact) mass is 375 g/mol. The molecule has 4 rings (SSSR count). The highest BCUT2D eigenvalue weighted by atomic mass is 16.5. The molecule has 1 amide bonds. The summed E-state index contributed by atoms with van der Waals surface area (Å²) in [6.45, 7) is 2.87. The van der Waals surface area contributed by atoms with Crippen LogP contribution in [-0.4, -0.2) is 22.7 Å². The number of benzene rings is 2. The molecular formula is C23H25N3O2. The summed E-state index contributed by atoms with van der Waals surface area (Å²) in [6, 6.07) is 18.0. The second-order valence-electron chi connectivity index (χ2n) is 7.16. The van der Waals surface area contributed by atoms with Gasteiger partial charge in [-0.3, -0.25) is 9.89 Å². The lowest BCUT2D eigenvalue weighted by atomic mass is 10.1. The number of aromatic nitrogens is 2. The van der Waals surface area contributed by atoms with Crippen molar-refractivity contribution < 1.29 is 9.53 Å². The summed E-state index contributed by atoms with van der Waals surface area (Å²) in [5.41, 5.74) is 4.71. The van der Waals surface area contributed by atoms with Gasteiger partial charge in [-0.25, -0.2) is 0 Å². The van der Waals surface area contributed by atoms with E-state index in [1.165, 1.54) is 11.1 Å². The van der Waals surface area contributed by atoms with Gasteiger partial charge in [-0.05, 0) is 60.7 Å². The van der Waals surface area contributed by atoms with Crippen LogP contribution < -0.4 is 10.1 Å². The molecule has 0 unspecified atom stereocenters. The van der Waals surface area contributed by atoms with Crippen molar-refractivity contribution in [3.8, 4) is 17.0 Å². The van der Waals surface area contributed by atoms with Crippen molar-refractivity contribution in [2.45, 2.75) is 38.6 Å². The number of nitrogens with zero attached hydrogens (tertiary/aromatic N) is 1.